The summed E-state index contributed by atoms with van der Waals surface area (Å²) in [6, 6.07) is 12.9. The lowest BCUT2D eigenvalue weighted by Crippen LogP contribution is -2.27. The van der Waals surface area contributed by atoms with Crippen LogP contribution in [0.4, 0.5) is 0 Å². The third-order valence-corrected chi connectivity index (χ3v) is 6.45. The standard InChI is InChI=1S/C20H21N3O2S/c1-15(16-5-8-19(9-6-16)23-12-11-21-14-23)22-26(24,25)20-10-7-17-3-2-4-18(17)13-20/h5-15,22H,2-4H2,1H3/t15-/m0/s1. The van der Waals surface area contributed by atoms with Gasteiger partial charge in [-0.05, 0) is 67.1 Å². The Kier molecular flexibility index (Phi) is 4.38. The van der Waals surface area contributed by atoms with E-state index in [0.29, 0.717) is 4.90 Å². The highest BCUT2D eigenvalue weighted by Crippen LogP contribution is 2.26. The number of imidazole rings is 1. The molecule has 3 aromatic rings. The molecule has 26 heavy (non-hydrogen) atoms. The Bertz CT molecular complexity index is 1010. The maximum absolute atomic E-state index is 12.7. The molecule has 0 amide bonds. The van der Waals surface area contributed by atoms with E-state index >= 15 is 0 Å². The quantitative estimate of drug-likeness (QED) is 0.752. The number of sulfonamides is 1. The van der Waals surface area contributed by atoms with Crippen LogP contribution in [0, 0.1) is 0 Å². The molecule has 0 unspecified atom stereocenters. The molecule has 0 radical (unpaired) electrons. The fraction of sp³-hybridized carbons (Fsp3) is 0.250. The summed E-state index contributed by atoms with van der Waals surface area (Å²) in [6.45, 7) is 1.86. The van der Waals surface area contributed by atoms with Gasteiger partial charge in [0.15, 0.2) is 0 Å². The third kappa shape index (κ3) is 3.30. The highest BCUT2D eigenvalue weighted by molar-refractivity contribution is 7.89. The van der Waals surface area contributed by atoms with Crippen molar-refractivity contribution in [3.05, 3.63) is 77.9 Å². The molecule has 1 aliphatic carbocycles. The molecule has 134 valence electrons. The van der Waals surface area contributed by atoms with Gasteiger partial charge in [0.1, 0.15) is 0 Å². The monoisotopic (exact) mass is 367 g/mol. The predicted octanol–water partition coefficient (Wildman–Crippen LogP) is 3.40. The number of hydrogen-bond donors (Lipinski definition) is 1. The Morgan fingerprint density at radius 3 is 2.58 bits per heavy atom. The molecule has 1 aliphatic rings. The second-order valence-electron chi connectivity index (χ2n) is 6.69. The molecule has 0 aliphatic heterocycles. The van der Waals surface area contributed by atoms with E-state index in [0.717, 1.165) is 36.1 Å². The molecule has 4 rings (SSSR count). The Morgan fingerprint density at radius 1 is 1.08 bits per heavy atom. The molecule has 1 atom stereocenters. The van der Waals surface area contributed by atoms with Crippen molar-refractivity contribution in [1.82, 2.24) is 14.3 Å². The topological polar surface area (TPSA) is 64.0 Å². The van der Waals surface area contributed by atoms with Gasteiger partial charge in [-0.1, -0.05) is 18.2 Å². The van der Waals surface area contributed by atoms with E-state index in [1.54, 1.807) is 18.6 Å². The minimum absolute atomic E-state index is 0.315. The van der Waals surface area contributed by atoms with Crippen LogP contribution in [0.2, 0.25) is 0 Å². The second kappa shape index (κ2) is 6.70. The van der Waals surface area contributed by atoms with E-state index in [-0.39, 0.29) is 6.04 Å². The van der Waals surface area contributed by atoms with Crippen molar-refractivity contribution < 1.29 is 8.42 Å². The molecule has 5 nitrogen and oxygen atoms in total. The van der Waals surface area contributed by atoms with Crippen molar-refractivity contribution in [1.29, 1.82) is 0 Å². The molecule has 0 bridgehead atoms. The fourth-order valence-electron chi connectivity index (χ4n) is 3.43. The van der Waals surface area contributed by atoms with Gasteiger partial charge in [0, 0.05) is 24.1 Å². The molecule has 1 N–H and O–H groups in total. The third-order valence-electron chi connectivity index (χ3n) is 4.91. The minimum Gasteiger partial charge on any atom is -0.306 e. The molecule has 0 spiro atoms. The van der Waals surface area contributed by atoms with Crippen LogP contribution in [0.1, 0.15) is 36.1 Å². The molecule has 6 heteroatoms. The predicted molar refractivity (Wildman–Crippen MR) is 101 cm³/mol. The molecule has 1 aromatic heterocycles. The van der Waals surface area contributed by atoms with E-state index in [2.05, 4.69) is 9.71 Å². The minimum atomic E-state index is -3.55. The number of hydrogen-bond acceptors (Lipinski definition) is 3. The fourth-order valence-corrected chi connectivity index (χ4v) is 4.71. The number of benzene rings is 2. The lowest BCUT2D eigenvalue weighted by molar-refractivity contribution is 0.567. The first-order valence-electron chi connectivity index (χ1n) is 8.75. The van der Waals surface area contributed by atoms with Gasteiger partial charge < -0.3 is 4.57 Å². The van der Waals surface area contributed by atoms with Crippen LogP contribution in [0.25, 0.3) is 5.69 Å². The normalized spacial score (nSPS) is 15.0. The van der Waals surface area contributed by atoms with Gasteiger partial charge in [-0.2, -0.15) is 0 Å². The summed E-state index contributed by atoms with van der Waals surface area (Å²) in [5.74, 6) is 0. The zero-order chi connectivity index (χ0) is 18.1. The average Bonchev–Trinajstić information content (AvgIpc) is 3.32. The van der Waals surface area contributed by atoms with E-state index in [1.165, 1.54) is 5.56 Å². The summed E-state index contributed by atoms with van der Waals surface area (Å²) in [5.41, 5.74) is 4.33. The van der Waals surface area contributed by atoms with Crippen LogP contribution in [-0.4, -0.2) is 18.0 Å². The highest BCUT2D eigenvalue weighted by atomic mass is 32.2. The Hall–Kier alpha value is -2.44. The Labute approximate surface area is 153 Å². The number of aryl methyl sites for hydroxylation is 2. The molecule has 0 fully saturated rings. The number of nitrogens with one attached hydrogen (secondary N) is 1. The first kappa shape index (κ1) is 17.0. The van der Waals surface area contributed by atoms with Crippen molar-refractivity contribution in [3.63, 3.8) is 0 Å². The van der Waals surface area contributed by atoms with Crippen molar-refractivity contribution >= 4 is 10.0 Å². The van der Waals surface area contributed by atoms with Crippen LogP contribution in [0.3, 0.4) is 0 Å². The maximum Gasteiger partial charge on any atom is 0.241 e. The van der Waals surface area contributed by atoms with E-state index in [4.69, 9.17) is 0 Å². The number of nitrogens with zero attached hydrogens (tertiary/aromatic N) is 2. The van der Waals surface area contributed by atoms with E-state index < -0.39 is 10.0 Å². The van der Waals surface area contributed by atoms with E-state index in [9.17, 15) is 8.42 Å². The molecule has 1 heterocycles. The summed E-state index contributed by atoms with van der Waals surface area (Å²) in [6.07, 6.45) is 8.43. The van der Waals surface area contributed by atoms with Crippen molar-refractivity contribution in [2.45, 2.75) is 37.1 Å². The summed E-state index contributed by atoms with van der Waals surface area (Å²) in [5, 5.41) is 0. The van der Waals surface area contributed by atoms with Crippen LogP contribution in [-0.2, 0) is 22.9 Å². The van der Waals surface area contributed by atoms with Crippen LogP contribution >= 0.6 is 0 Å². The van der Waals surface area contributed by atoms with Gasteiger partial charge in [0.25, 0.3) is 0 Å². The summed E-state index contributed by atoms with van der Waals surface area (Å²) in [4.78, 5) is 4.38. The van der Waals surface area contributed by atoms with Crippen LogP contribution in [0.15, 0.2) is 66.1 Å². The lowest BCUT2D eigenvalue weighted by Gasteiger charge is -2.16. The molecule has 0 saturated carbocycles. The van der Waals surface area contributed by atoms with Crippen LogP contribution in [0.5, 0.6) is 0 Å². The zero-order valence-electron chi connectivity index (χ0n) is 14.6. The average molecular weight is 367 g/mol. The van der Waals surface area contributed by atoms with Crippen molar-refractivity contribution in [2.24, 2.45) is 0 Å². The first-order valence-corrected chi connectivity index (χ1v) is 10.2. The lowest BCUT2D eigenvalue weighted by atomic mass is 10.1. The SMILES string of the molecule is C[C@H](NS(=O)(=O)c1ccc2c(c1)CCC2)c1ccc(-n2ccnc2)cc1. The molecule has 2 aromatic carbocycles. The number of rotatable bonds is 5. The van der Waals surface area contributed by atoms with Gasteiger partial charge in [-0.15, -0.1) is 0 Å². The number of aromatic nitrogens is 2. The molecular weight excluding hydrogens is 346 g/mol. The maximum atomic E-state index is 12.7. The number of fused-ring (bicyclic) bond motifs is 1. The second-order valence-corrected chi connectivity index (χ2v) is 8.40. The largest absolute Gasteiger partial charge is 0.306 e. The summed E-state index contributed by atoms with van der Waals surface area (Å²) < 4.78 is 30.2. The van der Waals surface area contributed by atoms with Crippen LogP contribution < -0.4 is 4.72 Å². The van der Waals surface area contributed by atoms with Gasteiger partial charge in [0.2, 0.25) is 10.0 Å². The van der Waals surface area contributed by atoms with Gasteiger partial charge >= 0.3 is 0 Å². The van der Waals surface area contributed by atoms with Crippen molar-refractivity contribution in [2.75, 3.05) is 0 Å². The highest BCUT2D eigenvalue weighted by Gasteiger charge is 2.21. The zero-order valence-corrected chi connectivity index (χ0v) is 15.4. The molecule has 0 saturated heterocycles. The molecular formula is C20H21N3O2S. The first-order chi connectivity index (χ1) is 12.5. The van der Waals surface area contributed by atoms with Gasteiger partial charge in [0.05, 0.1) is 11.2 Å². The Morgan fingerprint density at radius 2 is 1.85 bits per heavy atom. The van der Waals surface area contributed by atoms with E-state index in [1.807, 2.05) is 54.1 Å². The summed E-state index contributed by atoms with van der Waals surface area (Å²) in [7, 11) is -3.55. The van der Waals surface area contributed by atoms with Gasteiger partial charge in [-0.3, -0.25) is 0 Å². The Balaban J connectivity index is 1.52. The summed E-state index contributed by atoms with van der Waals surface area (Å²) >= 11 is 0. The smallest absolute Gasteiger partial charge is 0.241 e. The van der Waals surface area contributed by atoms with Gasteiger partial charge in [-0.25, -0.2) is 18.1 Å². The van der Waals surface area contributed by atoms with Crippen molar-refractivity contribution in [3.8, 4) is 5.69 Å².